The second-order valence-electron chi connectivity index (χ2n) is 7.67. The number of carbonyl (C=O) groups is 2. The number of ether oxygens (including phenoxy) is 2. The summed E-state index contributed by atoms with van der Waals surface area (Å²) in [6.45, 7) is 3.84. The number of hydrogen-bond donors (Lipinski definition) is 0. The minimum atomic E-state index is -0.530. The summed E-state index contributed by atoms with van der Waals surface area (Å²) in [6, 6.07) is 17.1. The highest BCUT2D eigenvalue weighted by Crippen LogP contribution is 2.26. The van der Waals surface area contributed by atoms with E-state index in [0.717, 1.165) is 30.4 Å². The molecule has 0 unspecified atom stereocenters. The number of para-hydroxylation sites is 1. The fraction of sp³-hybridized carbons (Fsp3) is 0.360. The highest BCUT2D eigenvalue weighted by molar-refractivity contribution is 6.22. The number of likely N-dealkylation sites (tertiary alicyclic amines) is 1. The lowest BCUT2D eigenvalue weighted by Gasteiger charge is -2.38. The molecule has 0 aromatic heterocycles. The van der Waals surface area contributed by atoms with Gasteiger partial charge in [-0.25, -0.2) is 4.79 Å². The van der Waals surface area contributed by atoms with E-state index in [0.29, 0.717) is 11.3 Å². The van der Waals surface area contributed by atoms with Gasteiger partial charge in [-0.15, -0.1) is 0 Å². The molecule has 30 heavy (non-hydrogen) atoms. The lowest BCUT2D eigenvalue weighted by molar-refractivity contribution is -0.151. The number of esters is 1. The monoisotopic (exact) mass is 407 g/mol. The number of benzene rings is 2. The first kappa shape index (κ1) is 21.6. The van der Waals surface area contributed by atoms with Gasteiger partial charge in [-0.2, -0.15) is 0 Å². The summed E-state index contributed by atoms with van der Waals surface area (Å²) < 4.78 is 10.9. The van der Waals surface area contributed by atoms with Crippen LogP contribution in [-0.2, 0) is 14.3 Å². The molecule has 0 aliphatic carbocycles. The molecule has 1 fully saturated rings. The van der Waals surface area contributed by atoms with Gasteiger partial charge >= 0.3 is 5.97 Å². The molecule has 1 amide bonds. The van der Waals surface area contributed by atoms with E-state index in [-0.39, 0.29) is 24.6 Å². The summed E-state index contributed by atoms with van der Waals surface area (Å²) in [4.78, 5) is 27.6. The lowest BCUT2D eigenvalue weighted by Crippen LogP contribution is -2.49. The first-order valence-corrected chi connectivity index (χ1v) is 10.4. The second kappa shape index (κ2) is 10.1. The fourth-order valence-corrected chi connectivity index (χ4v) is 4.01. The Balaban J connectivity index is 1.81. The average Bonchev–Trinajstić information content (AvgIpc) is 2.76. The summed E-state index contributed by atoms with van der Waals surface area (Å²) in [5, 5.41) is 0. The molecule has 2 aromatic rings. The Kier molecular flexibility index (Phi) is 7.28. The summed E-state index contributed by atoms with van der Waals surface area (Å²) in [7, 11) is 1.59. The molecule has 0 spiro atoms. The third-order valence-corrected chi connectivity index (χ3v) is 5.55. The molecule has 0 N–H and O–H groups in total. The minimum Gasteiger partial charge on any atom is -0.496 e. The van der Waals surface area contributed by atoms with Crippen molar-refractivity contribution < 1.29 is 19.1 Å². The summed E-state index contributed by atoms with van der Waals surface area (Å²) >= 11 is 0. The normalized spacial score (nSPS) is 19.3. The smallest absolute Gasteiger partial charge is 0.339 e. The van der Waals surface area contributed by atoms with E-state index in [2.05, 4.69) is 0 Å². The van der Waals surface area contributed by atoms with Crippen LogP contribution in [0.4, 0.5) is 0 Å². The van der Waals surface area contributed by atoms with E-state index in [9.17, 15) is 9.59 Å². The van der Waals surface area contributed by atoms with E-state index >= 15 is 0 Å². The molecule has 0 radical (unpaired) electrons. The van der Waals surface area contributed by atoms with Crippen LogP contribution >= 0.6 is 0 Å². The van der Waals surface area contributed by atoms with Crippen molar-refractivity contribution in [2.75, 3.05) is 13.7 Å². The van der Waals surface area contributed by atoms with Gasteiger partial charge in [0.15, 0.2) is 6.61 Å². The van der Waals surface area contributed by atoms with Gasteiger partial charge in [-0.1, -0.05) is 48.5 Å². The van der Waals surface area contributed by atoms with Gasteiger partial charge in [0.1, 0.15) is 5.75 Å². The first-order valence-electron chi connectivity index (χ1n) is 10.4. The summed E-state index contributed by atoms with van der Waals surface area (Å²) in [5.41, 5.74) is 1.87. The average molecular weight is 408 g/mol. The third-order valence-electron chi connectivity index (χ3n) is 5.55. The molecule has 158 valence electrons. The molecule has 0 bridgehead atoms. The molecule has 1 aliphatic rings. The lowest BCUT2D eigenvalue weighted by atomic mass is 9.97. The van der Waals surface area contributed by atoms with Crippen molar-refractivity contribution in [3.05, 3.63) is 65.7 Å². The number of hydrogen-bond acceptors (Lipinski definition) is 4. The maximum Gasteiger partial charge on any atom is 0.339 e. The molecule has 0 saturated carbocycles. The molecule has 5 heteroatoms. The Hall–Kier alpha value is -3.08. The zero-order valence-corrected chi connectivity index (χ0v) is 17.8. The van der Waals surface area contributed by atoms with Crippen molar-refractivity contribution in [1.82, 2.24) is 4.90 Å². The highest BCUT2D eigenvalue weighted by Gasteiger charge is 2.29. The second-order valence-corrected chi connectivity index (χ2v) is 7.67. The van der Waals surface area contributed by atoms with Gasteiger partial charge < -0.3 is 14.4 Å². The third kappa shape index (κ3) is 5.09. The quantitative estimate of drug-likeness (QED) is 0.400. The van der Waals surface area contributed by atoms with E-state index in [4.69, 9.17) is 9.47 Å². The van der Waals surface area contributed by atoms with E-state index in [1.54, 1.807) is 13.2 Å². The Bertz CT molecular complexity index is 896. The van der Waals surface area contributed by atoms with Crippen LogP contribution in [0.25, 0.3) is 11.6 Å². The van der Waals surface area contributed by atoms with E-state index in [1.165, 1.54) is 0 Å². The zero-order valence-electron chi connectivity index (χ0n) is 17.8. The molecule has 3 rings (SSSR count). The standard InChI is InChI=1S/C25H29NO4/c1-18-10-9-11-19(2)26(18)24(27)17-30-25(28)22(20-12-5-4-6-13-20)16-21-14-7-8-15-23(21)29-3/h4-8,12-16,18-19H,9-11,17H2,1-3H3/b22-16+/t18-,19-/m0/s1. The van der Waals surface area contributed by atoms with Gasteiger partial charge in [0.05, 0.1) is 12.7 Å². The predicted octanol–water partition coefficient (Wildman–Crippen LogP) is 4.57. The Labute approximate surface area is 178 Å². The van der Waals surface area contributed by atoms with Crippen molar-refractivity contribution in [3.8, 4) is 5.75 Å². The van der Waals surface area contributed by atoms with Crippen LogP contribution in [0, 0.1) is 0 Å². The molecule has 5 nitrogen and oxygen atoms in total. The highest BCUT2D eigenvalue weighted by atomic mass is 16.5. The topological polar surface area (TPSA) is 55.8 Å². The van der Waals surface area contributed by atoms with Crippen LogP contribution in [0.3, 0.4) is 0 Å². The van der Waals surface area contributed by atoms with Gasteiger partial charge in [0.2, 0.25) is 0 Å². The number of carbonyl (C=O) groups excluding carboxylic acids is 2. The maximum absolute atomic E-state index is 13.0. The Morgan fingerprint density at radius 2 is 1.63 bits per heavy atom. The van der Waals surface area contributed by atoms with Crippen LogP contribution in [0.5, 0.6) is 5.75 Å². The summed E-state index contributed by atoms with van der Waals surface area (Å²) in [6.07, 6.45) is 4.82. The molecular formula is C25H29NO4. The number of piperidine rings is 1. The van der Waals surface area contributed by atoms with Crippen LogP contribution in [0.1, 0.15) is 44.2 Å². The zero-order chi connectivity index (χ0) is 21.5. The van der Waals surface area contributed by atoms with Crippen LogP contribution in [0.2, 0.25) is 0 Å². The van der Waals surface area contributed by atoms with Gasteiger partial charge in [-0.3, -0.25) is 4.79 Å². The van der Waals surface area contributed by atoms with Crippen molar-refractivity contribution in [3.63, 3.8) is 0 Å². The number of amides is 1. The van der Waals surface area contributed by atoms with Gasteiger partial charge in [0.25, 0.3) is 5.91 Å². The molecular weight excluding hydrogens is 378 g/mol. The Morgan fingerprint density at radius 1 is 1.00 bits per heavy atom. The fourth-order valence-electron chi connectivity index (χ4n) is 4.01. The van der Waals surface area contributed by atoms with Gasteiger partial charge in [0, 0.05) is 17.6 Å². The van der Waals surface area contributed by atoms with E-state index in [1.807, 2.05) is 73.3 Å². The van der Waals surface area contributed by atoms with Crippen molar-refractivity contribution in [1.29, 1.82) is 0 Å². The largest absolute Gasteiger partial charge is 0.496 e. The number of nitrogens with zero attached hydrogens (tertiary/aromatic N) is 1. The molecule has 2 atom stereocenters. The SMILES string of the molecule is COc1ccccc1/C=C(/C(=O)OCC(=O)N1[C@@H](C)CCC[C@@H]1C)c1ccccc1. The van der Waals surface area contributed by atoms with Crippen molar-refractivity contribution in [2.45, 2.75) is 45.2 Å². The molecule has 1 heterocycles. The molecule has 1 aliphatic heterocycles. The summed E-state index contributed by atoms with van der Waals surface area (Å²) in [5.74, 6) is -0.0173. The molecule has 1 saturated heterocycles. The van der Waals surface area contributed by atoms with E-state index < -0.39 is 5.97 Å². The predicted molar refractivity (Wildman–Crippen MR) is 118 cm³/mol. The maximum atomic E-state index is 13.0. The van der Waals surface area contributed by atoms with Crippen LogP contribution in [0.15, 0.2) is 54.6 Å². The first-order chi connectivity index (χ1) is 14.5. The van der Waals surface area contributed by atoms with Gasteiger partial charge in [-0.05, 0) is 50.8 Å². The van der Waals surface area contributed by atoms with Crippen molar-refractivity contribution in [2.24, 2.45) is 0 Å². The number of methoxy groups -OCH3 is 1. The number of rotatable bonds is 6. The van der Waals surface area contributed by atoms with Crippen LogP contribution < -0.4 is 4.74 Å². The molecule has 2 aromatic carbocycles. The van der Waals surface area contributed by atoms with Crippen molar-refractivity contribution >= 4 is 23.5 Å². The van der Waals surface area contributed by atoms with Crippen LogP contribution in [-0.4, -0.2) is 42.6 Å². The minimum absolute atomic E-state index is 0.146. The Morgan fingerprint density at radius 3 is 2.30 bits per heavy atom.